The van der Waals surface area contributed by atoms with E-state index < -0.39 is 0 Å². The van der Waals surface area contributed by atoms with E-state index in [4.69, 9.17) is 0 Å². The monoisotopic (exact) mass is 300 g/mol. The average Bonchev–Trinajstić information content (AvgIpc) is 2.38. The van der Waals surface area contributed by atoms with E-state index in [9.17, 15) is 5.11 Å². The number of aromatic hydroxyl groups is 1. The van der Waals surface area contributed by atoms with Gasteiger partial charge in [-0.3, -0.25) is 0 Å². The Bertz CT molecular complexity index is 615. The maximum Gasteiger partial charge on any atom is 0.129 e. The van der Waals surface area contributed by atoms with Gasteiger partial charge in [0, 0.05) is 10.6 Å². The fourth-order valence-electron chi connectivity index (χ4n) is 2.38. The molecule has 0 saturated carbocycles. The van der Waals surface area contributed by atoms with E-state index in [0.717, 1.165) is 10.6 Å². The van der Waals surface area contributed by atoms with Crippen molar-refractivity contribution in [2.45, 2.75) is 50.7 Å². The summed E-state index contributed by atoms with van der Waals surface area (Å²) in [6.45, 7) is 11.1. The highest BCUT2D eigenvalue weighted by Gasteiger charge is 2.16. The van der Waals surface area contributed by atoms with Gasteiger partial charge in [0.05, 0.1) is 0 Å². The molecule has 0 saturated heterocycles. The van der Waals surface area contributed by atoms with Gasteiger partial charge in [-0.1, -0.05) is 45.0 Å². The summed E-state index contributed by atoms with van der Waals surface area (Å²) in [5, 5.41) is 9.86. The van der Waals surface area contributed by atoms with Crippen molar-refractivity contribution in [1.29, 1.82) is 0 Å². The third-order valence-electron chi connectivity index (χ3n) is 3.80. The van der Waals surface area contributed by atoms with E-state index in [1.165, 1.54) is 22.3 Å². The fraction of sp³-hybridized carbons (Fsp3) is 0.368. The van der Waals surface area contributed by atoms with Crippen LogP contribution in [-0.2, 0) is 11.2 Å². The van der Waals surface area contributed by atoms with Crippen molar-refractivity contribution < 1.29 is 5.11 Å². The third kappa shape index (κ3) is 3.82. The first-order valence-corrected chi connectivity index (χ1v) is 8.29. The van der Waals surface area contributed by atoms with Crippen molar-refractivity contribution in [2.75, 3.05) is 0 Å². The summed E-state index contributed by atoms with van der Waals surface area (Å²) in [4.78, 5) is 0.941. The van der Waals surface area contributed by atoms with E-state index in [1.54, 1.807) is 17.8 Å². The molecule has 1 N–H and O–H groups in total. The lowest BCUT2D eigenvalue weighted by molar-refractivity contribution is 0.462. The number of phenolic OH excluding ortho intramolecular Hbond substituents is 1. The molecule has 21 heavy (non-hydrogen) atoms. The van der Waals surface area contributed by atoms with E-state index >= 15 is 0 Å². The molecule has 1 nitrogen and oxygen atoms in total. The number of hydrogen-bond acceptors (Lipinski definition) is 2. The molecule has 0 atom stereocenters. The highest BCUT2D eigenvalue weighted by atomic mass is 32.2. The third-order valence-corrected chi connectivity index (χ3v) is 4.89. The van der Waals surface area contributed by atoms with Gasteiger partial charge in [-0.25, -0.2) is 0 Å². The molecule has 0 fully saturated rings. The summed E-state index contributed by atoms with van der Waals surface area (Å²) in [5.41, 5.74) is 5.61. The Kier molecular flexibility index (Phi) is 4.67. The van der Waals surface area contributed by atoms with Crippen molar-refractivity contribution in [3.63, 3.8) is 0 Å². The van der Waals surface area contributed by atoms with Gasteiger partial charge < -0.3 is 5.11 Å². The molecule has 0 radical (unpaired) electrons. The standard InChI is InChI=1S/C19H24OS/c1-13-10-15(19(3,4)5)11-14(2)16(13)12-21-18-9-7-6-8-17(18)20/h6-11,20H,12H2,1-5H3. The SMILES string of the molecule is Cc1cc(C(C)(C)C)cc(C)c1CSc1ccccc1O. The van der Waals surface area contributed by atoms with Gasteiger partial charge in [0.1, 0.15) is 5.75 Å². The number of para-hydroxylation sites is 1. The number of benzene rings is 2. The molecule has 0 spiro atoms. The number of hydrogen-bond donors (Lipinski definition) is 1. The molecule has 0 aromatic heterocycles. The second-order valence-electron chi connectivity index (χ2n) is 6.59. The van der Waals surface area contributed by atoms with Crippen molar-refractivity contribution in [3.8, 4) is 5.75 Å². The Hall–Kier alpha value is -1.41. The summed E-state index contributed by atoms with van der Waals surface area (Å²) < 4.78 is 0. The van der Waals surface area contributed by atoms with Crippen LogP contribution in [0.15, 0.2) is 41.3 Å². The molecule has 0 aliphatic carbocycles. The Morgan fingerprint density at radius 2 is 1.57 bits per heavy atom. The van der Waals surface area contributed by atoms with Gasteiger partial charge in [-0.15, -0.1) is 11.8 Å². The molecule has 2 rings (SSSR count). The number of thioether (sulfide) groups is 1. The fourth-order valence-corrected chi connectivity index (χ4v) is 3.53. The topological polar surface area (TPSA) is 20.2 Å². The highest BCUT2D eigenvalue weighted by molar-refractivity contribution is 7.98. The summed E-state index contributed by atoms with van der Waals surface area (Å²) in [7, 11) is 0. The molecule has 0 aliphatic rings. The van der Waals surface area contributed by atoms with E-state index in [-0.39, 0.29) is 5.41 Å². The lowest BCUT2D eigenvalue weighted by atomic mass is 9.84. The van der Waals surface area contributed by atoms with Crippen molar-refractivity contribution in [1.82, 2.24) is 0 Å². The Balaban J connectivity index is 2.24. The van der Waals surface area contributed by atoms with Crippen LogP contribution in [0.25, 0.3) is 0 Å². The predicted molar refractivity (Wildman–Crippen MR) is 92.3 cm³/mol. The van der Waals surface area contributed by atoms with Gasteiger partial charge in [0.2, 0.25) is 0 Å². The van der Waals surface area contributed by atoms with Gasteiger partial charge >= 0.3 is 0 Å². The van der Waals surface area contributed by atoms with Gasteiger partial charge in [-0.05, 0) is 53.6 Å². The zero-order valence-corrected chi connectivity index (χ0v) is 14.3. The van der Waals surface area contributed by atoms with Crippen molar-refractivity contribution in [3.05, 3.63) is 58.7 Å². The van der Waals surface area contributed by atoms with Crippen LogP contribution in [0.3, 0.4) is 0 Å². The maximum atomic E-state index is 9.86. The largest absolute Gasteiger partial charge is 0.507 e. The van der Waals surface area contributed by atoms with Crippen LogP contribution < -0.4 is 0 Å². The van der Waals surface area contributed by atoms with Crippen LogP contribution in [0, 0.1) is 13.8 Å². The quantitative estimate of drug-likeness (QED) is 0.745. The Morgan fingerprint density at radius 3 is 2.10 bits per heavy atom. The van der Waals surface area contributed by atoms with Crippen LogP contribution in [-0.4, -0.2) is 5.11 Å². The van der Waals surface area contributed by atoms with E-state index in [1.807, 2.05) is 18.2 Å². The molecule has 0 aliphatic heterocycles. The number of phenols is 1. The van der Waals surface area contributed by atoms with E-state index in [0.29, 0.717) is 5.75 Å². The molecule has 0 bridgehead atoms. The number of rotatable bonds is 3. The summed E-state index contributed by atoms with van der Waals surface area (Å²) in [5.74, 6) is 1.25. The van der Waals surface area contributed by atoms with Gasteiger partial charge in [0.15, 0.2) is 0 Å². The molecular formula is C19H24OS. The first kappa shape index (κ1) is 16.0. The lowest BCUT2D eigenvalue weighted by Gasteiger charge is -2.22. The second kappa shape index (κ2) is 6.15. The normalized spacial score (nSPS) is 11.7. The molecule has 112 valence electrons. The minimum absolute atomic E-state index is 0.179. The Labute approximate surface area is 132 Å². The molecule has 2 heteroatoms. The first-order valence-electron chi connectivity index (χ1n) is 7.30. The maximum absolute atomic E-state index is 9.86. The van der Waals surface area contributed by atoms with Crippen LogP contribution in [0.4, 0.5) is 0 Å². The lowest BCUT2D eigenvalue weighted by Crippen LogP contribution is -2.12. The van der Waals surface area contributed by atoms with E-state index in [2.05, 4.69) is 46.8 Å². The summed E-state index contributed by atoms with van der Waals surface area (Å²) >= 11 is 1.69. The Morgan fingerprint density at radius 1 is 1.00 bits per heavy atom. The van der Waals surface area contributed by atoms with Crippen LogP contribution in [0.1, 0.15) is 43.0 Å². The minimum Gasteiger partial charge on any atom is -0.507 e. The van der Waals surface area contributed by atoms with Crippen molar-refractivity contribution in [2.24, 2.45) is 0 Å². The minimum atomic E-state index is 0.179. The smallest absolute Gasteiger partial charge is 0.129 e. The van der Waals surface area contributed by atoms with Crippen LogP contribution in [0.5, 0.6) is 5.75 Å². The highest BCUT2D eigenvalue weighted by Crippen LogP contribution is 2.34. The predicted octanol–water partition coefficient (Wildman–Crippen LogP) is 5.60. The zero-order chi connectivity index (χ0) is 15.6. The molecule has 2 aromatic carbocycles. The second-order valence-corrected chi connectivity index (χ2v) is 7.61. The van der Waals surface area contributed by atoms with Crippen LogP contribution >= 0.6 is 11.8 Å². The molecule has 2 aromatic rings. The van der Waals surface area contributed by atoms with Gasteiger partial charge in [0.25, 0.3) is 0 Å². The molecular weight excluding hydrogens is 276 g/mol. The van der Waals surface area contributed by atoms with Gasteiger partial charge in [-0.2, -0.15) is 0 Å². The summed E-state index contributed by atoms with van der Waals surface area (Å²) in [6.07, 6.45) is 0. The molecule has 0 unspecified atom stereocenters. The van der Waals surface area contributed by atoms with Crippen molar-refractivity contribution >= 4 is 11.8 Å². The van der Waals surface area contributed by atoms with Crippen LogP contribution in [0.2, 0.25) is 0 Å². The average molecular weight is 300 g/mol. The number of aryl methyl sites for hydroxylation is 2. The first-order chi connectivity index (χ1) is 9.79. The molecule has 0 amide bonds. The zero-order valence-electron chi connectivity index (χ0n) is 13.5. The summed E-state index contributed by atoms with van der Waals surface area (Å²) in [6, 6.07) is 12.1. The molecule has 0 heterocycles.